The summed E-state index contributed by atoms with van der Waals surface area (Å²) in [5.41, 5.74) is 9.13. The molecule has 0 fully saturated rings. The number of para-hydroxylation sites is 1. The Hall–Kier alpha value is -2.56. The van der Waals surface area contributed by atoms with E-state index in [1.807, 2.05) is 47.4 Å². The van der Waals surface area contributed by atoms with Crippen LogP contribution in [0.15, 0.2) is 42.7 Å². The fourth-order valence-electron chi connectivity index (χ4n) is 2.89. The van der Waals surface area contributed by atoms with Crippen molar-refractivity contribution in [1.29, 1.82) is 0 Å². The van der Waals surface area contributed by atoms with Crippen molar-refractivity contribution in [3.8, 4) is 16.9 Å². The van der Waals surface area contributed by atoms with E-state index in [0.29, 0.717) is 0 Å². The molecular weight excluding hydrogens is 262 g/mol. The van der Waals surface area contributed by atoms with Gasteiger partial charge in [0.15, 0.2) is 0 Å². The third kappa shape index (κ3) is 2.01. The van der Waals surface area contributed by atoms with Gasteiger partial charge in [-0.1, -0.05) is 18.2 Å². The highest BCUT2D eigenvalue weighted by Crippen LogP contribution is 2.29. The molecule has 3 heterocycles. The molecule has 106 valence electrons. The summed E-state index contributed by atoms with van der Waals surface area (Å²) in [7, 11) is 0. The third-order valence-electron chi connectivity index (χ3n) is 3.99. The molecule has 4 rings (SSSR count). The van der Waals surface area contributed by atoms with Gasteiger partial charge in [-0.2, -0.15) is 5.10 Å². The molecule has 1 aliphatic heterocycles. The Labute approximate surface area is 123 Å². The molecular formula is C16H17N5. The maximum absolute atomic E-state index is 6.27. The minimum Gasteiger partial charge on any atom is -0.383 e. The van der Waals surface area contributed by atoms with Crippen LogP contribution in [0.1, 0.15) is 18.7 Å². The fraction of sp³-hybridized carbons (Fsp3) is 0.250. The van der Waals surface area contributed by atoms with Crippen molar-refractivity contribution < 1.29 is 0 Å². The standard InChI is InChI=1S/C16H17N5/c17-16-15(19-14-8-4-5-9-20(14)16)12-10-18-21(11-12)13-6-2-1-3-7-13/h1-3,6-7,10-11H,4-5,8-9,17H2. The lowest BCUT2D eigenvalue weighted by atomic mass is 10.2. The molecule has 0 atom stereocenters. The number of nitrogen functional groups attached to an aromatic ring is 1. The number of aryl methyl sites for hydroxylation is 1. The van der Waals surface area contributed by atoms with E-state index in [4.69, 9.17) is 10.7 Å². The molecule has 0 unspecified atom stereocenters. The highest BCUT2D eigenvalue weighted by molar-refractivity contribution is 5.70. The average Bonchev–Trinajstić information content (AvgIpc) is 3.14. The number of anilines is 1. The maximum atomic E-state index is 6.27. The summed E-state index contributed by atoms with van der Waals surface area (Å²) in [4.78, 5) is 4.71. The van der Waals surface area contributed by atoms with Crippen LogP contribution >= 0.6 is 0 Å². The number of nitrogens with zero attached hydrogens (tertiary/aromatic N) is 4. The molecule has 0 radical (unpaired) electrons. The Kier molecular flexibility index (Phi) is 2.77. The van der Waals surface area contributed by atoms with Gasteiger partial charge in [-0.25, -0.2) is 9.67 Å². The van der Waals surface area contributed by atoms with Crippen molar-refractivity contribution >= 4 is 5.82 Å². The number of nitrogens with two attached hydrogens (primary N) is 1. The van der Waals surface area contributed by atoms with Crippen molar-refractivity contribution in [3.63, 3.8) is 0 Å². The minimum atomic E-state index is 0.761. The highest BCUT2D eigenvalue weighted by atomic mass is 15.3. The number of imidazole rings is 1. The van der Waals surface area contributed by atoms with E-state index < -0.39 is 0 Å². The van der Waals surface area contributed by atoms with E-state index in [1.54, 1.807) is 0 Å². The van der Waals surface area contributed by atoms with E-state index in [0.717, 1.165) is 41.6 Å². The van der Waals surface area contributed by atoms with E-state index in [9.17, 15) is 0 Å². The first kappa shape index (κ1) is 12.2. The van der Waals surface area contributed by atoms with Gasteiger partial charge < -0.3 is 10.3 Å². The normalized spacial score (nSPS) is 14.1. The summed E-state index contributed by atoms with van der Waals surface area (Å²) < 4.78 is 3.99. The summed E-state index contributed by atoms with van der Waals surface area (Å²) in [6.45, 7) is 0.973. The zero-order valence-corrected chi connectivity index (χ0v) is 11.7. The van der Waals surface area contributed by atoms with Gasteiger partial charge in [0.25, 0.3) is 0 Å². The lowest BCUT2D eigenvalue weighted by molar-refractivity contribution is 0.527. The number of hydrogen-bond donors (Lipinski definition) is 1. The molecule has 5 nitrogen and oxygen atoms in total. The average molecular weight is 279 g/mol. The van der Waals surface area contributed by atoms with Gasteiger partial charge in [0.05, 0.1) is 11.9 Å². The Balaban J connectivity index is 1.75. The second kappa shape index (κ2) is 4.77. The second-order valence-corrected chi connectivity index (χ2v) is 5.38. The minimum absolute atomic E-state index is 0.761. The first-order valence-corrected chi connectivity index (χ1v) is 7.28. The maximum Gasteiger partial charge on any atom is 0.131 e. The number of fused-ring (bicyclic) bond motifs is 1. The molecule has 0 saturated carbocycles. The van der Waals surface area contributed by atoms with Crippen LogP contribution in [-0.4, -0.2) is 19.3 Å². The molecule has 5 heteroatoms. The number of rotatable bonds is 2. The first-order chi connectivity index (χ1) is 10.3. The van der Waals surface area contributed by atoms with E-state index in [1.165, 1.54) is 12.8 Å². The molecule has 21 heavy (non-hydrogen) atoms. The second-order valence-electron chi connectivity index (χ2n) is 5.38. The van der Waals surface area contributed by atoms with Crippen LogP contribution in [0.5, 0.6) is 0 Å². The van der Waals surface area contributed by atoms with Gasteiger partial charge in [-0.15, -0.1) is 0 Å². The Morgan fingerprint density at radius 1 is 1.10 bits per heavy atom. The zero-order chi connectivity index (χ0) is 14.2. The van der Waals surface area contributed by atoms with Gasteiger partial charge >= 0.3 is 0 Å². The predicted octanol–water partition coefficient (Wildman–Crippen LogP) is 2.65. The van der Waals surface area contributed by atoms with Crippen LogP contribution in [0.2, 0.25) is 0 Å². The molecule has 2 aromatic heterocycles. The molecule has 1 aromatic carbocycles. The molecule has 3 aromatic rings. The van der Waals surface area contributed by atoms with E-state index in [2.05, 4.69) is 9.67 Å². The smallest absolute Gasteiger partial charge is 0.131 e. The zero-order valence-electron chi connectivity index (χ0n) is 11.7. The highest BCUT2D eigenvalue weighted by Gasteiger charge is 2.19. The Morgan fingerprint density at radius 3 is 2.76 bits per heavy atom. The van der Waals surface area contributed by atoms with Crippen LogP contribution in [0.25, 0.3) is 16.9 Å². The number of benzene rings is 1. The largest absolute Gasteiger partial charge is 0.383 e. The van der Waals surface area contributed by atoms with E-state index in [-0.39, 0.29) is 0 Å². The quantitative estimate of drug-likeness (QED) is 0.784. The fourth-order valence-corrected chi connectivity index (χ4v) is 2.89. The summed E-state index contributed by atoms with van der Waals surface area (Å²) in [6, 6.07) is 10.0. The van der Waals surface area contributed by atoms with E-state index >= 15 is 0 Å². The molecule has 0 spiro atoms. The summed E-state index contributed by atoms with van der Waals surface area (Å²) >= 11 is 0. The molecule has 0 bridgehead atoms. The van der Waals surface area contributed by atoms with Crippen LogP contribution in [0.4, 0.5) is 5.82 Å². The van der Waals surface area contributed by atoms with Crippen LogP contribution in [-0.2, 0) is 13.0 Å². The topological polar surface area (TPSA) is 61.7 Å². The lowest BCUT2D eigenvalue weighted by Gasteiger charge is -2.13. The Bertz CT molecular complexity index is 769. The predicted molar refractivity (Wildman–Crippen MR) is 82.1 cm³/mol. The van der Waals surface area contributed by atoms with Gasteiger partial charge in [-0.05, 0) is 25.0 Å². The van der Waals surface area contributed by atoms with Crippen LogP contribution in [0, 0.1) is 0 Å². The van der Waals surface area contributed by atoms with Gasteiger partial charge in [0.2, 0.25) is 0 Å². The molecule has 2 N–H and O–H groups in total. The van der Waals surface area contributed by atoms with Crippen molar-refractivity contribution in [2.45, 2.75) is 25.8 Å². The van der Waals surface area contributed by atoms with Gasteiger partial charge in [0.1, 0.15) is 17.3 Å². The summed E-state index contributed by atoms with van der Waals surface area (Å²) in [5.74, 6) is 1.86. The van der Waals surface area contributed by atoms with Crippen molar-refractivity contribution in [2.24, 2.45) is 0 Å². The lowest BCUT2D eigenvalue weighted by Crippen LogP contribution is -2.12. The van der Waals surface area contributed by atoms with Crippen molar-refractivity contribution in [1.82, 2.24) is 19.3 Å². The monoisotopic (exact) mass is 279 g/mol. The summed E-state index contributed by atoms with van der Waals surface area (Å²) in [6.07, 6.45) is 7.20. The van der Waals surface area contributed by atoms with Crippen molar-refractivity contribution in [2.75, 3.05) is 5.73 Å². The Morgan fingerprint density at radius 2 is 1.95 bits per heavy atom. The first-order valence-electron chi connectivity index (χ1n) is 7.28. The number of aromatic nitrogens is 4. The third-order valence-corrected chi connectivity index (χ3v) is 3.99. The summed E-state index contributed by atoms with van der Waals surface area (Å²) in [5, 5.41) is 4.42. The number of hydrogen-bond acceptors (Lipinski definition) is 3. The van der Waals surface area contributed by atoms with Crippen LogP contribution < -0.4 is 5.73 Å². The molecule has 0 aliphatic carbocycles. The molecule has 1 aliphatic rings. The SMILES string of the molecule is Nc1c(-c2cnn(-c3ccccc3)c2)nc2n1CCCC2. The van der Waals surface area contributed by atoms with Gasteiger partial charge in [-0.3, -0.25) is 0 Å². The molecule has 0 saturated heterocycles. The van der Waals surface area contributed by atoms with Crippen molar-refractivity contribution in [3.05, 3.63) is 48.5 Å². The van der Waals surface area contributed by atoms with Gasteiger partial charge in [0, 0.05) is 24.7 Å². The molecule has 0 amide bonds. The van der Waals surface area contributed by atoms with Crippen LogP contribution in [0.3, 0.4) is 0 Å².